The molecule has 80 valence electrons. The van der Waals surface area contributed by atoms with Crippen LogP contribution in [0.5, 0.6) is 0 Å². The molecule has 0 aliphatic carbocycles. The molecule has 15 heavy (non-hydrogen) atoms. The van der Waals surface area contributed by atoms with Gasteiger partial charge in [0.15, 0.2) is 0 Å². The Morgan fingerprint density at radius 3 is 2.80 bits per heavy atom. The lowest BCUT2D eigenvalue weighted by Crippen LogP contribution is -2.36. The van der Waals surface area contributed by atoms with E-state index in [0.29, 0.717) is 12.5 Å². The van der Waals surface area contributed by atoms with Crippen LogP contribution < -0.4 is 10.2 Å². The number of anilines is 2. The van der Waals surface area contributed by atoms with E-state index in [2.05, 4.69) is 31.3 Å². The fourth-order valence-electron chi connectivity index (χ4n) is 1.76. The first-order chi connectivity index (χ1) is 7.09. The Labute approximate surface area is 90.1 Å². The number of hydrogen-bond donors (Lipinski definition) is 1. The highest BCUT2D eigenvalue weighted by Gasteiger charge is 2.20. The van der Waals surface area contributed by atoms with Crippen LogP contribution in [-0.4, -0.2) is 19.5 Å². The molecular weight excluding hydrogens is 188 g/mol. The zero-order chi connectivity index (χ0) is 11.0. The monoisotopic (exact) mass is 204 g/mol. The number of nitrogens with zero attached hydrogens (tertiary/aromatic N) is 1. The van der Waals surface area contributed by atoms with Crippen LogP contribution in [-0.2, 0) is 4.79 Å². The van der Waals surface area contributed by atoms with Crippen LogP contribution in [0.1, 0.15) is 25.3 Å². The van der Waals surface area contributed by atoms with Crippen LogP contribution in [0, 0.1) is 0 Å². The summed E-state index contributed by atoms with van der Waals surface area (Å²) in [5.74, 6) is 0.601. The highest BCUT2D eigenvalue weighted by molar-refractivity contribution is 6.02. The van der Waals surface area contributed by atoms with Gasteiger partial charge in [0, 0.05) is 7.05 Å². The molecule has 1 N–H and O–H groups in total. The SMILES string of the molecule is CC(C)c1ccc2c(c1)N(C)C(=O)CN2. The lowest BCUT2D eigenvalue weighted by Gasteiger charge is -2.27. The molecule has 1 aromatic rings. The molecule has 0 saturated carbocycles. The molecule has 0 atom stereocenters. The Morgan fingerprint density at radius 2 is 2.13 bits per heavy atom. The van der Waals surface area contributed by atoms with Gasteiger partial charge in [0.1, 0.15) is 0 Å². The molecule has 0 saturated heterocycles. The predicted octanol–water partition coefficient (Wildman–Crippen LogP) is 2.20. The van der Waals surface area contributed by atoms with Gasteiger partial charge in [-0.3, -0.25) is 4.79 Å². The largest absolute Gasteiger partial charge is 0.374 e. The molecule has 1 amide bonds. The molecule has 1 aromatic carbocycles. The zero-order valence-electron chi connectivity index (χ0n) is 9.37. The van der Waals surface area contributed by atoms with Crippen molar-refractivity contribution in [2.24, 2.45) is 0 Å². The molecule has 0 bridgehead atoms. The van der Waals surface area contributed by atoms with Crippen molar-refractivity contribution in [1.29, 1.82) is 0 Å². The summed E-state index contributed by atoms with van der Waals surface area (Å²) in [6.45, 7) is 4.70. The summed E-state index contributed by atoms with van der Waals surface area (Å²) in [6.07, 6.45) is 0. The number of nitrogens with one attached hydrogen (secondary N) is 1. The van der Waals surface area contributed by atoms with Crippen molar-refractivity contribution in [2.75, 3.05) is 23.8 Å². The van der Waals surface area contributed by atoms with Gasteiger partial charge < -0.3 is 10.2 Å². The van der Waals surface area contributed by atoms with Crippen molar-refractivity contribution >= 4 is 17.3 Å². The summed E-state index contributed by atoms with van der Waals surface area (Å²) in [5, 5.41) is 3.12. The summed E-state index contributed by atoms with van der Waals surface area (Å²) in [4.78, 5) is 13.2. The lowest BCUT2D eigenvalue weighted by molar-refractivity contribution is -0.116. The summed E-state index contributed by atoms with van der Waals surface area (Å²) in [7, 11) is 1.83. The molecule has 0 unspecified atom stereocenters. The second-order valence-corrected chi connectivity index (χ2v) is 4.24. The minimum Gasteiger partial charge on any atom is -0.374 e. The fraction of sp³-hybridized carbons (Fsp3) is 0.417. The molecule has 2 rings (SSSR count). The van der Waals surface area contributed by atoms with Crippen molar-refractivity contribution < 1.29 is 4.79 Å². The van der Waals surface area contributed by atoms with E-state index >= 15 is 0 Å². The number of likely N-dealkylation sites (N-methyl/N-ethyl adjacent to an activating group) is 1. The Hall–Kier alpha value is -1.51. The minimum atomic E-state index is 0.114. The molecule has 1 aliphatic rings. The van der Waals surface area contributed by atoms with Crippen LogP contribution in [0.2, 0.25) is 0 Å². The molecule has 0 aromatic heterocycles. The second kappa shape index (κ2) is 3.57. The zero-order valence-corrected chi connectivity index (χ0v) is 9.37. The third kappa shape index (κ3) is 1.69. The Morgan fingerprint density at radius 1 is 1.40 bits per heavy atom. The molecular formula is C12H16N2O. The average Bonchev–Trinajstić information content (AvgIpc) is 2.23. The van der Waals surface area contributed by atoms with Crippen LogP contribution in [0.15, 0.2) is 18.2 Å². The van der Waals surface area contributed by atoms with E-state index in [4.69, 9.17) is 0 Å². The topological polar surface area (TPSA) is 32.3 Å². The predicted molar refractivity (Wildman–Crippen MR) is 62.4 cm³/mol. The van der Waals surface area contributed by atoms with Crippen LogP contribution in [0.3, 0.4) is 0 Å². The highest BCUT2D eigenvalue weighted by Crippen LogP contribution is 2.31. The van der Waals surface area contributed by atoms with Crippen molar-refractivity contribution in [1.82, 2.24) is 0 Å². The first kappa shape index (κ1) is 10.0. The van der Waals surface area contributed by atoms with Crippen LogP contribution in [0.4, 0.5) is 11.4 Å². The van der Waals surface area contributed by atoms with E-state index < -0.39 is 0 Å². The number of amides is 1. The highest BCUT2D eigenvalue weighted by atomic mass is 16.2. The van der Waals surface area contributed by atoms with Gasteiger partial charge >= 0.3 is 0 Å². The van der Waals surface area contributed by atoms with E-state index in [9.17, 15) is 4.79 Å². The number of rotatable bonds is 1. The van der Waals surface area contributed by atoms with E-state index in [-0.39, 0.29) is 5.91 Å². The van der Waals surface area contributed by atoms with Gasteiger partial charge in [0.25, 0.3) is 0 Å². The first-order valence-corrected chi connectivity index (χ1v) is 5.24. The van der Waals surface area contributed by atoms with Crippen molar-refractivity contribution in [3.63, 3.8) is 0 Å². The number of fused-ring (bicyclic) bond motifs is 1. The molecule has 0 spiro atoms. The maximum atomic E-state index is 11.5. The maximum Gasteiger partial charge on any atom is 0.246 e. The van der Waals surface area contributed by atoms with Crippen molar-refractivity contribution in [3.05, 3.63) is 23.8 Å². The fourth-order valence-corrected chi connectivity index (χ4v) is 1.76. The van der Waals surface area contributed by atoms with Gasteiger partial charge in [-0.25, -0.2) is 0 Å². The molecule has 1 aliphatic heterocycles. The van der Waals surface area contributed by atoms with Crippen LogP contribution >= 0.6 is 0 Å². The van der Waals surface area contributed by atoms with E-state index in [0.717, 1.165) is 11.4 Å². The Kier molecular flexibility index (Phi) is 2.39. The molecule has 0 fully saturated rings. The molecule has 3 heteroatoms. The molecule has 0 radical (unpaired) electrons. The smallest absolute Gasteiger partial charge is 0.246 e. The van der Waals surface area contributed by atoms with E-state index in [1.807, 2.05) is 13.1 Å². The second-order valence-electron chi connectivity index (χ2n) is 4.24. The first-order valence-electron chi connectivity index (χ1n) is 5.24. The Bertz CT molecular complexity index is 399. The van der Waals surface area contributed by atoms with Crippen molar-refractivity contribution in [3.8, 4) is 0 Å². The number of carbonyl (C=O) groups excluding carboxylic acids is 1. The summed E-state index contributed by atoms with van der Waals surface area (Å²) in [5.41, 5.74) is 3.29. The summed E-state index contributed by atoms with van der Waals surface area (Å²) >= 11 is 0. The van der Waals surface area contributed by atoms with Gasteiger partial charge in [0.05, 0.1) is 17.9 Å². The van der Waals surface area contributed by atoms with E-state index in [1.165, 1.54) is 5.56 Å². The minimum absolute atomic E-state index is 0.114. The van der Waals surface area contributed by atoms with Gasteiger partial charge in [-0.2, -0.15) is 0 Å². The third-order valence-electron chi connectivity index (χ3n) is 2.85. The van der Waals surface area contributed by atoms with E-state index in [1.54, 1.807) is 4.90 Å². The van der Waals surface area contributed by atoms with Gasteiger partial charge in [-0.05, 0) is 23.6 Å². The molecule has 1 heterocycles. The number of carbonyl (C=O) groups is 1. The summed E-state index contributed by atoms with van der Waals surface area (Å²) in [6, 6.07) is 6.25. The van der Waals surface area contributed by atoms with Gasteiger partial charge in [-0.1, -0.05) is 19.9 Å². The van der Waals surface area contributed by atoms with Gasteiger partial charge in [0.2, 0.25) is 5.91 Å². The van der Waals surface area contributed by atoms with Gasteiger partial charge in [-0.15, -0.1) is 0 Å². The Balaban J connectivity index is 2.45. The summed E-state index contributed by atoms with van der Waals surface area (Å²) < 4.78 is 0. The molecule has 3 nitrogen and oxygen atoms in total. The standard InChI is InChI=1S/C12H16N2O/c1-8(2)9-4-5-10-11(6-9)14(3)12(15)7-13-10/h4-6,8,13H,7H2,1-3H3. The normalized spacial score (nSPS) is 15.2. The maximum absolute atomic E-state index is 11.5. The number of hydrogen-bond acceptors (Lipinski definition) is 2. The van der Waals surface area contributed by atoms with Crippen LogP contribution in [0.25, 0.3) is 0 Å². The quantitative estimate of drug-likeness (QED) is 0.760. The lowest BCUT2D eigenvalue weighted by atomic mass is 10.0. The average molecular weight is 204 g/mol. The third-order valence-corrected chi connectivity index (χ3v) is 2.85. The number of benzene rings is 1. The van der Waals surface area contributed by atoms with Crippen molar-refractivity contribution in [2.45, 2.75) is 19.8 Å².